The molecule has 18 heavy (non-hydrogen) atoms. The van der Waals surface area contributed by atoms with Gasteiger partial charge >= 0.3 is 0 Å². The molecule has 6 heteroatoms. The SMILES string of the molecule is Cc1cc2c(s1)Nc1ccc(Cl)cc1N=C2N.Cl. The number of hydrogen-bond acceptors (Lipinski definition) is 4. The van der Waals surface area contributed by atoms with Gasteiger partial charge in [0.25, 0.3) is 0 Å². The Balaban J connectivity index is 0.00000120. The van der Waals surface area contributed by atoms with E-state index in [1.54, 1.807) is 17.4 Å². The number of halogens is 2. The summed E-state index contributed by atoms with van der Waals surface area (Å²) >= 11 is 7.62. The van der Waals surface area contributed by atoms with Crippen LogP contribution in [0.1, 0.15) is 10.4 Å². The predicted octanol–water partition coefficient (Wildman–Crippen LogP) is 4.23. The van der Waals surface area contributed by atoms with E-state index >= 15 is 0 Å². The standard InChI is InChI=1S/C12H10ClN3S.ClH/c1-6-4-8-11(14)15-10-5-7(13)2-3-9(10)16-12(8)17-6;/h2-5,16H,1H3,(H2,14,15);1H. The number of nitrogens with one attached hydrogen (secondary N) is 1. The number of hydrogen-bond donors (Lipinski definition) is 2. The maximum atomic E-state index is 6.00. The van der Waals surface area contributed by atoms with E-state index in [-0.39, 0.29) is 12.4 Å². The lowest BCUT2D eigenvalue weighted by molar-refractivity contribution is 1.48. The Labute approximate surface area is 120 Å². The summed E-state index contributed by atoms with van der Waals surface area (Å²) in [7, 11) is 0. The number of rotatable bonds is 0. The van der Waals surface area contributed by atoms with Crippen molar-refractivity contribution in [1.82, 2.24) is 0 Å². The first-order valence-electron chi connectivity index (χ1n) is 5.15. The van der Waals surface area contributed by atoms with Gasteiger partial charge in [-0.15, -0.1) is 23.7 Å². The highest BCUT2D eigenvalue weighted by molar-refractivity contribution is 7.16. The Morgan fingerprint density at radius 1 is 1.33 bits per heavy atom. The molecule has 0 saturated carbocycles. The molecule has 0 unspecified atom stereocenters. The van der Waals surface area contributed by atoms with Gasteiger partial charge in [0.05, 0.1) is 16.9 Å². The number of nitrogens with two attached hydrogens (primary N) is 1. The molecule has 0 aliphatic carbocycles. The molecule has 2 heterocycles. The van der Waals surface area contributed by atoms with Crippen LogP contribution in [0.2, 0.25) is 5.02 Å². The minimum atomic E-state index is 0. The zero-order valence-corrected chi connectivity index (χ0v) is 11.9. The Bertz CT molecular complexity index is 634. The van der Waals surface area contributed by atoms with Crippen molar-refractivity contribution >= 4 is 57.6 Å². The zero-order chi connectivity index (χ0) is 12.0. The molecular formula is C12H11Cl2N3S. The van der Waals surface area contributed by atoms with Gasteiger partial charge in [0, 0.05) is 9.90 Å². The minimum absolute atomic E-state index is 0. The lowest BCUT2D eigenvalue weighted by Gasteiger charge is -2.05. The zero-order valence-electron chi connectivity index (χ0n) is 9.53. The van der Waals surface area contributed by atoms with E-state index in [0.717, 1.165) is 21.9 Å². The number of nitrogens with zero attached hydrogens (tertiary/aromatic N) is 1. The summed E-state index contributed by atoms with van der Waals surface area (Å²) in [6.07, 6.45) is 0. The van der Waals surface area contributed by atoms with Crippen LogP contribution in [0, 0.1) is 6.92 Å². The van der Waals surface area contributed by atoms with Crippen molar-refractivity contribution in [2.24, 2.45) is 10.7 Å². The van der Waals surface area contributed by atoms with Gasteiger partial charge < -0.3 is 11.1 Å². The fourth-order valence-electron chi connectivity index (χ4n) is 1.81. The third kappa shape index (κ3) is 2.19. The summed E-state index contributed by atoms with van der Waals surface area (Å²) in [5, 5.41) is 5.04. The topological polar surface area (TPSA) is 50.4 Å². The van der Waals surface area contributed by atoms with Gasteiger partial charge in [-0.2, -0.15) is 0 Å². The van der Waals surface area contributed by atoms with Gasteiger partial charge in [-0.25, -0.2) is 4.99 Å². The highest BCUT2D eigenvalue weighted by atomic mass is 35.5. The summed E-state index contributed by atoms with van der Waals surface area (Å²) in [6, 6.07) is 7.60. The fourth-order valence-corrected chi connectivity index (χ4v) is 2.91. The smallest absolute Gasteiger partial charge is 0.134 e. The molecule has 3 rings (SSSR count). The highest BCUT2D eigenvalue weighted by Crippen LogP contribution is 2.38. The summed E-state index contributed by atoms with van der Waals surface area (Å²) < 4.78 is 0. The van der Waals surface area contributed by atoms with Crippen LogP contribution in [0.15, 0.2) is 29.3 Å². The molecule has 2 aromatic rings. The molecule has 3 nitrogen and oxygen atoms in total. The Morgan fingerprint density at radius 3 is 2.89 bits per heavy atom. The normalized spacial score (nSPS) is 12.4. The Kier molecular flexibility index (Phi) is 3.52. The average molecular weight is 300 g/mol. The van der Waals surface area contributed by atoms with Gasteiger partial charge in [-0.3, -0.25) is 0 Å². The van der Waals surface area contributed by atoms with E-state index in [9.17, 15) is 0 Å². The number of anilines is 2. The molecule has 0 fully saturated rings. The van der Waals surface area contributed by atoms with E-state index in [0.29, 0.717) is 10.9 Å². The van der Waals surface area contributed by atoms with E-state index in [1.165, 1.54) is 4.88 Å². The van der Waals surface area contributed by atoms with Crippen LogP contribution in [0.4, 0.5) is 16.4 Å². The molecule has 1 aliphatic heterocycles. The van der Waals surface area contributed by atoms with E-state index in [2.05, 4.69) is 17.2 Å². The number of fused-ring (bicyclic) bond motifs is 2. The quantitative estimate of drug-likeness (QED) is 0.765. The summed E-state index contributed by atoms with van der Waals surface area (Å²) in [5.74, 6) is 0.526. The largest absolute Gasteiger partial charge is 0.383 e. The molecule has 1 aromatic carbocycles. The molecule has 0 atom stereocenters. The maximum absolute atomic E-state index is 6.00. The first-order valence-corrected chi connectivity index (χ1v) is 6.34. The van der Waals surface area contributed by atoms with Crippen molar-refractivity contribution < 1.29 is 0 Å². The van der Waals surface area contributed by atoms with Crippen LogP contribution in [0.5, 0.6) is 0 Å². The molecule has 94 valence electrons. The first-order chi connectivity index (χ1) is 8.13. The van der Waals surface area contributed by atoms with Crippen LogP contribution in [0.3, 0.4) is 0 Å². The van der Waals surface area contributed by atoms with Gasteiger partial charge in [0.15, 0.2) is 0 Å². The molecule has 1 aromatic heterocycles. The van der Waals surface area contributed by atoms with Crippen LogP contribution in [0.25, 0.3) is 0 Å². The average Bonchev–Trinajstić information content (AvgIpc) is 2.58. The molecule has 0 radical (unpaired) electrons. The van der Waals surface area contributed by atoms with Crippen molar-refractivity contribution in [3.63, 3.8) is 0 Å². The van der Waals surface area contributed by atoms with Crippen LogP contribution < -0.4 is 11.1 Å². The van der Waals surface area contributed by atoms with Crippen LogP contribution in [-0.4, -0.2) is 5.84 Å². The van der Waals surface area contributed by atoms with Crippen LogP contribution >= 0.6 is 35.3 Å². The van der Waals surface area contributed by atoms with Crippen molar-refractivity contribution in [2.45, 2.75) is 6.92 Å². The molecular weight excluding hydrogens is 289 g/mol. The van der Waals surface area contributed by atoms with Crippen molar-refractivity contribution in [3.8, 4) is 0 Å². The predicted molar refractivity (Wildman–Crippen MR) is 81.4 cm³/mol. The molecule has 3 N–H and O–H groups in total. The Morgan fingerprint density at radius 2 is 2.11 bits per heavy atom. The molecule has 0 saturated heterocycles. The number of amidine groups is 1. The van der Waals surface area contributed by atoms with Crippen LogP contribution in [-0.2, 0) is 0 Å². The van der Waals surface area contributed by atoms with Gasteiger partial charge in [-0.1, -0.05) is 11.6 Å². The van der Waals surface area contributed by atoms with Crippen molar-refractivity contribution in [3.05, 3.63) is 39.7 Å². The lowest BCUT2D eigenvalue weighted by Crippen LogP contribution is -2.11. The number of aryl methyl sites for hydroxylation is 1. The highest BCUT2D eigenvalue weighted by Gasteiger charge is 2.16. The minimum Gasteiger partial charge on any atom is -0.383 e. The van der Waals surface area contributed by atoms with E-state index < -0.39 is 0 Å². The molecule has 1 aliphatic rings. The molecule has 0 bridgehead atoms. The second kappa shape index (κ2) is 4.80. The third-order valence-electron chi connectivity index (χ3n) is 2.58. The van der Waals surface area contributed by atoms with E-state index in [1.807, 2.05) is 18.2 Å². The number of thiophene rings is 1. The van der Waals surface area contributed by atoms with Gasteiger partial charge in [0.2, 0.25) is 0 Å². The fraction of sp³-hybridized carbons (Fsp3) is 0.0833. The van der Waals surface area contributed by atoms with Gasteiger partial charge in [0.1, 0.15) is 10.8 Å². The summed E-state index contributed by atoms with van der Waals surface area (Å²) in [4.78, 5) is 5.62. The lowest BCUT2D eigenvalue weighted by atomic mass is 10.2. The van der Waals surface area contributed by atoms with Crippen molar-refractivity contribution in [1.29, 1.82) is 0 Å². The second-order valence-electron chi connectivity index (χ2n) is 3.88. The molecule has 0 amide bonds. The maximum Gasteiger partial charge on any atom is 0.134 e. The van der Waals surface area contributed by atoms with Gasteiger partial charge in [-0.05, 0) is 31.2 Å². The third-order valence-corrected chi connectivity index (χ3v) is 3.78. The number of benzene rings is 1. The van der Waals surface area contributed by atoms with E-state index in [4.69, 9.17) is 17.3 Å². The second-order valence-corrected chi connectivity index (χ2v) is 5.58. The summed E-state index contributed by atoms with van der Waals surface area (Å²) in [5.41, 5.74) is 8.66. The summed E-state index contributed by atoms with van der Waals surface area (Å²) in [6.45, 7) is 2.05. The number of aliphatic imine (C=N–C) groups is 1. The molecule has 0 spiro atoms. The van der Waals surface area contributed by atoms with Crippen molar-refractivity contribution in [2.75, 3.05) is 5.32 Å². The first kappa shape index (κ1) is 13.2. The monoisotopic (exact) mass is 299 g/mol. The Hall–Kier alpha value is -1.23.